The molecule has 1 aliphatic rings. The summed E-state index contributed by atoms with van der Waals surface area (Å²) in [5.41, 5.74) is 3.26. The molecule has 2 atom stereocenters. The van der Waals surface area contributed by atoms with Gasteiger partial charge in [-0.05, 0) is 34.0 Å². The van der Waals surface area contributed by atoms with Crippen molar-refractivity contribution in [2.75, 3.05) is 13.2 Å². The first-order valence-electron chi connectivity index (χ1n) is 5.32. The normalized spacial score (nSPS) is 21.8. The molecule has 94 valence electrons. The van der Waals surface area contributed by atoms with Gasteiger partial charge in [-0.15, -0.1) is 0 Å². The lowest BCUT2D eigenvalue weighted by molar-refractivity contribution is 0.176. The topological polar surface area (TPSA) is 47.3 Å². The SMILES string of the molecule is NNC(c1ccc(F)c(F)c1Br)C1CCOC1. The van der Waals surface area contributed by atoms with Crippen LogP contribution in [0.2, 0.25) is 0 Å². The van der Waals surface area contributed by atoms with Gasteiger partial charge in [-0.2, -0.15) is 0 Å². The number of hydrazine groups is 1. The third-order valence-electron chi connectivity index (χ3n) is 3.02. The maximum Gasteiger partial charge on any atom is 0.173 e. The van der Waals surface area contributed by atoms with Gasteiger partial charge in [0, 0.05) is 12.5 Å². The second-order valence-electron chi connectivity index (χ2n) is 4.03. The lowest BCUT2D eigenvalue weighted by Crippen LogP contribution is -2.34. The van der Waals surface area contributed by atoms with Crippen molar-refractivity contribution in [2.24, 2.45) is 11.8 Å². The Bertz CT molecular complexity index is 411. The largest absolute Gasteiger partial charge is 0.381 e. The quantitative estimate of drug-likeness (QED) is 0.512. The lowest BCUT2D eigenvalue weighted by Gasteiger charge is -2.23. The van der Waals surface area contributed by atoms with E-state index in [2.05, 4.69) is 21.4 Å². The summed E-state index contributed by atoms with van der Waals surface area (Å²) in [7, 11) is 0. The molecule has 2 rings (SSSR count). The molecule has 3 nitrogen and oxygen atoms in total. The van der Waals surface area contributed by atoms with Gasteiger partial charge < -0.3 is 4.74 Å². The van der Waals surface area contributed by atoms with Crippen LogP contribution in [0.3, 0.4) is 0 Å². The van der Waals surface area contributed by atoms with E-state index in [9.17, 15) is 8.78 Å². The van der Waals surface area contributed by atoms with Crippen molar-refractivity contribution < 1.29 is 13.5 Å². The Morgan fingerprint density at radius 1 is 1.47 bits per heavy atom. The maximum atomic E-state index is 13.5. The fraction of sp³-hybridized carbons (Fsp3) is 0.455. The molecule has 6 heteroatoms. The van der Waals surface area contributed by atoms with Gasteiger partial charge in [0.05, 0.1) is 17.1 Å². The zero-order valence-electron chi connectivity index (χ0n) is 9.05. The van der Waals surface area contributed by atoms with E-state index >= 15 is 0 Å². The molecule has 1 aliphatic heterocycles. The standard InChI is InChI=1S/C11H13BrF2N2O/c12-9-7(1-2-8(13)10(9)14)11(16-15)6-3-4-17-5-6/h1-2,6,11,16H,3-5,15H2. The van der Waals surface area contributed by atoms with E-state index in [-0.39, 0.29) is 16.4 Å². The van der Waals surface area contributed by atoms with E-state index < -0.39 is 11.6 Å². The van der Waals surface area contributed by atoms with Crippen molar-refractivity contribution >= 4 is 15.9 Å². The van der Waals surface area contributed by atoms with Crippen LogP contribution < -0.4 is 11.3 Å². The van der Waals surface area contributed by atoms with Crippen LogP contribution in [0.15, 0.2) is 16.6 Å². The van der Waals surface area contributed by atoms with Gasteiger partial charge in [0.2, 0.25) is 0 Å². The highest BCUT2D eigenvalue weighted by molar-refractivity contribution is 9.10. The number of hydrogen-bond acceptors (Lipinski definition) is 3. The molecular weight excluding hydrogens is 294 g/mol. The lowest BCUT2D eigenvalue weighted by atomic mass is 9.93. The van der Waals surface area contributed by atoms with Crippen molar-refractivity contribution in [3.05, 3.63) is 33.8 Å². The first-order chi connectivity index (χ1) is 8.15. The number of ether oxygens (including phenoxy) is 1. The molecule has 0 aromatic heterocycles. The average Bonchev–Trinajstić information content (AvgIpc) is 2.84. The molecule has 1 aromatic carbocycles. The Kier molecular flexibility index (Phi) is 4.09. The molecule has 1 saturated heterocycles. The third-order valence-corrected chi connectivity index (χ3v) is 3.82. The maximum absolute atomic E-state index is 13.5. The summed E-state index contributed by atoms with van der Waals surface area (Å²) in [6, 6.07) is 2.39. The summed E-state index contributed by atoms with van der Waals surface area (Å²) in [6.07, 6.45) is 0.848. The van der Waals surface area contributed by atoms with Gasteiger partial charge in [0.25, 0.3) is 0 Å². The van der Waals surface area contributed by atoms with E-state index in [1.165, 1.54) is 6.07 Å². The van der Waals surface area contributed by atoms with Gasteiger partial charge in [0.15, 0.2) is 11.6 Å². The molecule has 0 spiro atoms. The molecule has 2 unspecified atom stereocenters. The van der Waals surface area contributed by atoms with Gasteiger partial charge in [0.1, 0.15) is 0 Å². The Balaban J connectivity index is 2.33. The average molecular weight is 307 g/mol. The van der Waals surface area contributed by atoms with Crippen molar-refractivity contribution in [2.45, 2.75) is 12.5 Å². The highest BCUT2D eigenvalue weighted by Crippen LogP contribution is 2.34. The van der Waals surface area contributed by atoms with Crippen molar-refractivity contribution in [3.63, 3.8) is 0 Å². The molecular formula is C11H13BrF2N2O. The Hall–Kier alpha value is -0.560. The van der Waals surface area contributed by atoms with Crippen LogP contribution in [0.25, 0.3) is 0 Å². The molecule has 17 heavy (non-hydrogen) atoms. The van der Waals surface area contributed by atoms with E-state index in [1.54, 1.807) is 0 Å². The minimum absolute atomic E-state index is 0.118. The summed E-state index contributed by atoms with van der Waals surface area (Å²) in [5.74, 6) is 3.90. The fourth-order valence-electron chi connectivity index (χ4n) is 2.08. The van der Waals surface area contributed by atoms with Crippen LogP contribution >= 0.6 is 15.9 Å². The van der Waals surface area contributed by atoms with Crippen LogP contribution in [0.1, 0.15) is 18.0 Å². The third kappa shape index (κ3) is 2.49. The first-order valence-corrected chi connectivity index (χ1v) is 6.11. The summed E-state index contributed by atoms with van der Waals surface area (Å²) >= 11 is 3.07. The van der Waals surface area contributed by atoms with Gasteiger partial charge in [-0.3, -0.25) is 11.3 Å². The Morgan fingerprint density at radius 2 is 2.24 bits per heavy atom. The molecule has 1 aromatic rings. The van der Waals surface area contributed by atoms with Gasteiger partial charge >= 0.3 is 0 Å². The molecule has 0 aliphatic carbocycles. The van der Waals surface area contributed by atoms with E-state index in [1.807, 2.05) is 0 Å². The van der Waals surface area contributed by atoms with Crippen molar-refractivity contribution in [3.8, 4) is 0 Å². The molecule has 1 fully saturated rings. The molecule has 0 radical (unpaired) electrons. The monoisotopic (exact) mass is 306 g/mol. The smallest absolute Gasteiger partial charge is 0.173 e. The van der Waals surface area contributed by atoms with Gasteiger partial charge in [-0.25, -0.2) is 8.78 Å². The number of rotatable bonds is 3. The van der Waals surface area contributed by atoms with Crippen LogP contribution in [0.4, 0.5) is 8.78 Å². The molecule has 0 saturated carbocycles. The second-order valence-corrected chi connectivity index (χ2v) is 4.83. The fourth-order valence-corrected chi connectivity index (χ4v) is 2.64. The minimum atomic E-state index is -0.887. The summed E-state index contributed by atoms with van der Waals surface area (Å²) < 4.78 is 31.9. The van der Waals surface area contributed by atoms with E-state index in [4.69, 9.17) is 10.6 Å². The predicted molar refractivity (Wildman–Crippen MR) is 63.0 cm³/mol. The van der Waals surface area contributed by atoms with E-state index in [0.29, 0.717) is 18.8 Å². The van der Waals surface area contributed by atoms with Crippen LogP contribution in [0, 0.1) is 17.6 Å². The summed E-state index contributed by atoms with van der Waals surface area (Å²) in [5, 5.41) is 0. The Labute approximate surface area is 106 Å². The molecule has 0 amide bonds. The number of halogens is 3. The highest BCUT2D eigenvalue weighted by Gasteiger charge is 2.28. The molecule has 3 N–H and O–H groups in total. The molecule has 1 heterocycles. The summed E-state index contributed by atoms with van der Waals surface area (Å²) in [6.45, 7) is 1.24. The zero-order chi connectivity index (χ0) is 12.4. The Morgan fingerprint density at radius 3 is 2.82 bits per heavy atom. The number of hydrogen-bond donors (Lipinski definition) is 2. The minimum Gasteiger partial charge on any atom is -0.381 e. The molecule has 0 bridgehead atoms. The second kappa shape index (κ2) is 5.39. The number of nitrogens with one attached hydrogen (secondary N) is 1. The van der Waals surface area contributed by atoms with E-state index in [0.717, 1.165) is 12.5 Å². The van der Waals surface area contributed by atoms with Crippen LogP contribution in [0.5, 0.6) is 0 Å². The summed E-state index contributed by atoms with van der Waals surface area (Å²) in [4.78, 5) is 0. The van der Waals surface area contributed by atoms with Gasteiger partial charge in [-0.1, -0.05) is 6.07 Å². The van der Waals surface area contributed by atoms with Crippen LogP contribution in [-0.2, 0) is 4.74 Å². The number of nitrogens with two attached hydrogens (primary N) is 1. The van der Waals surface area contributed by atoms with Crippen molar-refractivity contribution in [1.29, 1.82) is 0 Å². The first kappa shape index (κ1) is 12.9. The van der Waals surface area contributed by atoms with Crippen LogP contribution in [-0.4, -0.2) is 13.2 Å². The predicted octanol–water partition coefficient (Wildman–Crippen LogP) is 2.27. The number of benzene rings is 1. The highest BCUT2D eigenvalue weighted by atomic mass is 79.9. The van der Waals surface area contributed by atoms with Crippen molar-refractivity contribution in [1.82, 2.24) is 5.43 Å². The zero-order valence-corrected chi connectivity index (χ0v) is 10.6.